The molecule has 2 aromatic heterocycles. The van der Waals surface area contributed by atoms with Crippen molar-refractivity contribution in [3.8, 4) is 28.2 Å². The molecule has 1 aliphatic heterocycles. The maximum absolute atomic E-state index is 14.6. The van der Waals surface area contributed by atoms with Gasteiger partial charge in [-0.05, 0) is 152 Å². The van der Waals surface area contributed by atoms with E-state index in [4.69, 9.17) is 15.9 Å². The Morgan fingerprint density at radius 2 is 1.13 bits per heavy atom. The molecule has 2 aliphatic rings. The summed E-state index contributed by atoms with van der Waals surface area (Å²) in [7, 11) is -2.32. The van der Waals surface area contributed by atoms with Crippen molar-refractivity contribution in [2.24, 2.45) is 0 Å². The molecular formula is C83H86F6N14O15S. The average molecular weight is 1670 g/mol. The minimum absolute atomic E-state index is 0.0190. The van der Waals surface area contributed by atoms with Gasteiger partial charge in [0.25, 0.3) is 17.7 Å². The highest BCUT2D eigenvalue weighted by Gasteiger charge is 2.34. The molecule has 36 heteroatoms. The molecule has 0 radical (unpaired) electrons. The lowest BCUT2D eigenvalue weighted by molar-refractivity contribution is -0.140. The summed E-state index contributed by atoms with van der Waals surface area (Å²) in [6, 6.07) is 26.0. The monoisotopic (exact) mass is 1660 g/mol. The van der Waals surface area contributed by atoms with E-state index in [0.717, 1.165) is 105 Å². The van der Waals surface area contributed by atoms with Crippen LogP contribution < -0.4 is 58.4 Å². The van der Waals surface area contributed by atoms with Gasteiger partial charge in [-0.15, -0.1) is 0 Å². The van der Waals surface area contributed by atoms with Crippen LogP contribution in [0.5, 0.6) is 5.75 Å². The molecular weight excluding hydrogens is 1580 g/mol. The highest BCUT2D eigenvalue weighted by molar-refractivity contribution is 7.89. The van der Waals surface area contributed by atoms with Crippen LogP contribution in [0.25, 0.3) is 44.6 Å². The Morgan fingerprint density at radius 3 is 1.76 bits per heavy atom. The molecule has 0 fully saturated rings. The van der Waals surface area contributed by atoms with E-state index in [2.05, 4.69) is 56.6 Å². The molecule has 29 nitrogen and oxygen atoms in total. The molecule has 6 aromatic carbocycles. The van der Waals surface area contributed by atoms with Crippen LogP contribution in [0.4, 0.5) is 43.8 Å². The number of nitrogens with two attached hydrogens (primary N) is 2. The Labute approximate surface area is 677 Å². The van der Waals surface area contributed by atoms with Crippen LogP contribution in [0.3, 0.4) is 0 Å². The first kappa shape index (κ1) is 88.2. The zero-order chi connectivity index (χ0) is 85.7. The van der Waals surface area contributed by atoms with Gasteiger partial charge in [0.1, 0.15) is 35.2 Å². The molecule has 0 spiro atoms. The number of benzene rings is 7. The van der Waals surface area contributed by atoms with Crippen molar-refractivity contribution in [1.29, 1.82) is 0 Å². The predicted octanol–water partition coefficient (Wildman–Crippen LogP) is 10.5. The van der Waals surface area contributed by atoms with Crippen molar-refractivity contribution in [2.75, 3.05) is 49.6 Å². The number of aliphatic carboxylic acids is 1. The minimum Gasteiger partial charge on any atom is -0.508 e. The van der Waals surface area contributed by atoms with Gasteiger partial charge < -0.3 is 68.0 Å². The molecule has 3 atom stereocenters. The van der Waals surface area contributed by atoms with Crippen molar-refractivity contribution in [3.05, 3.63) is 218 Å². The number of alkyl halides is 6. The zero-order valence-corrected chi connectivity index (χ0v) is 65.0. The second-order valence-electron chi connectivity index (χ2n) is 28.3. The van der Waals surface area contributed by atoms with Crippen LogP contribution >= 0.6 is 0 Å². The Balaban J connectivity index is 0.636. The van der Waals surface area contributed by atoms with Gasteiger partial charge in [-0.3, -0.25) is 33.6 Å². The molecule has 0 saturated carbocycles. The summed E-state index contributed by atoms with van der Waals surface area (Å²) in [5, 5.41) is 46.9. The number of carboxylic acid groups (broad SMARTS) is 2. The van der Waals surface area contributed by atoms with Crippen LogP contribution in [0, 0.1) is 0 Å². The number of anilines is 3. The van der Waals surface area contributed by atoms with Gasteiger partial charge >= 0.3 is 24.3 Å². The molecule has 626 valence electrons. The van der Waals surface area contributed by atoms with Crippen molar-refractivity contribution < 1.29 is 92.9 Å². The van der Waals surface area contributed by atoms with Crippen molar-refractivity contribution in [3.63, 3.8) is 0 Å². The molecule has 1 aliphatic carbocycles. The maximum atomic E-state index is 14.6. The van der Waals surface area contributed by atoms with Gasteiger partial charge in [-0.2, -0.15) is 36.3 Å². The lowest BCUT2D eigenvalue weighted by Gasteiger charge is -2.24. The molecule has 0 bridgehead atoms. The number of hydrogen-bond donors (Lipinski definition) is 12. The van der Waals surface area contributed by atoms with Crippen LogP contribution in [-0.4, -0.2) is 142 Å². The van der Waals surface area contributed by atoms with Gasteiger partial charge in [0, 0.05) is 104 Å². The molecule has 10 rings (SSSR count). The van der Waals surface area contributed by atoms with Crippen LogP contribution in [-0.2, 0) is 60.9 Å². The van der Waals surface area contributed by atoms with E-state index in [-0.39, 0.29) is 129 Å². The largest absolute Gasteiger partial charge is 0.508 e. The summed E-state index contributed by atoms with van der Waals surface area (Å²) >= 11 is 0. The molecule has 3 unspecified atom stereocenters. The molecule has 14 N–H and O–H groups in total. The summed E-state index contributed by atoms with van der Waals surface area (Å²) in [5.74, 6) is -7.36. The summed E-state index contributed by atoms with van der Waals surface area (Å²) < 4.78 is 117. The number of fused-ring (bicyclic) bond motifs is 3. The van der Waals surface area contributed by atoms with E-state index in [1.165, 1.54) is 72.9 Å². The molecule has 3 heterocycles. The van der Waals surface area contributed by atoms with Crippen molar-refractivity contribution in [2.45, 2.75) is 138 Å². The summed E-state index contributed by atoms with van der Waals surface area (Å²) in [6.07, 6.45) is -1.60. The lowest BCUT2D eigenvalue weighted by atomic mass is 9.89. The number of carboxylic acids is 2. The third-order valence-electron chi connectivity index (χ3n) is 19.5. The predicted molar refractivity (Wildman–Crippen MR) is 428 cm³/mol. The molecule has 0 saturated heterocycles. The first-order valence-electron chi connectivity index (χ1n) is 38.0. The summed E-state index contributed by atoms with van der Waals surface area (Å²) in [4.78, 5) is 138. The number of hydrogen-bond acceptors (Lipinski definition) is 20. The van der Waals surface area contributed by atoms with Crippen molar-refractivity contribution >= 4 is 97.0 Å². The molecule has 6 amide bonds. The number of phenolic OH excluding ortho intramolecular Hbond substituents is 1. The fraction of sp³-hybridized carbons (Fsp3) is 0.313. The van der Waals surface area contributed by atoms with Gasteiger partial charge in [0.15, 0.2) is 22.4 Å². The number of aromatic carboxylic acids is 1. The SMILES string of the molecule is CN(Cc1cnc2nc(N)nc(N)c2n1)c1ccc(C(=O)NC(CCC(=O)NCCCCCCCCCCNC(=O)c2cccc(S(=O)(=O)NCCCCCNC(=O)C(Cc3ccc(C(F)(F)F)cc3)NC(=O)C(Cc3ccc(C(F)(F)F)cc3)NC(=O)c3ccc(-c4c5ccc(=O)cc-5oc5cc(O)ccc45)c(C(=O)O)c3)c2)C(=O)O)cc1. The number of nitrogen functional groups attached to an aromatic ring is 2. The fourth-order valence-electron chi connectivity index (χ4n) is 13.1. The number of aromatic hydroxyl groups is 1. The fourth-order valence-corrected chi connectivity index (χ4v) is 14.2. The van der Waals surface area contributed by atoms with Gasteiger partial charge in [0.05, 0.1) is 40.0 Å². The summed E-state index contributed by atoms with van der Waals surface area (Å²) in [6.45, 7) is 0.922. The summed E-state index contributed by atoms with van der Waals surface area (Å²) in [5.41, 5.74) is 11.4. The van der Waals surface area contributed by atoms with E-state index in [9.17, 15) is 93.2 Å². The van der Waals surface area contributed by atoms with Crippen LogP contribution in [0.15, 0.2) is 172 Å². The van der Waals surface area contributed by atoms with E-state index < -0.39 is 117 Å². The standard InChI is InChI=1S/C83H86F6N14O15S/c1-103(47-55-46-95-73-71(97-55)72(90)101-81(91)102-73)56-27-20-50(21-28-56)75(108)98-64(80(114)115)34-35-69(106)92-36-9-6-4-2-3-5-7-10-37-93-74(107)51-14-13-15-59(42-51)119(116,117)96-39-12-8-11-38-94-77(110)65(40-48-16-23-53(24-17-48)82(84,85)86)100-78(111)66(41-49-18-25-54(26-19-49)83(87,88)89)99-76(109)52-22-31-60(63(43-52)79(112)113)70-61-32-29-57(104)44-67(61)118-68-45-58(105)30-33-62(68)70/h13-33,42-46,64-66,96,104H,2-12,34-41,47H2,1H3,(H,92,106)(H,93,107)(H,94,110)(H,98,108)(H,99,109)(H,100,111)(H,112,113)(H,114,115)(H4,90,91,95,101,102). The smallest absolute Gasteiger partial charge is 0.416 e. The average Bonchev–Trinajstić information content (AvgIpc) is 0.752. The number of amides is 6. The first-order valence-corrected chi connectivity index (χ1v) is 39.5. The number of nitrogens with zero attached hydrogens (tertiary/aromatic N) is 5. The number of carbonyl (C=O) groups is 8. The second-order valence-corrected chi connectivity index (χ2v) is 30.1. The van der Waals surface area contributed by atoms with E-state index in [1.807, 2.05) is 11.9 Å². The van der Waals surface area contributed by atoms with Crippen molar-refractivity contribution in [1.82, 2.24) is 56.6 Å². The Hall–Kier alpha value is -13.1. The van der Waals surface area contributed by atoms with E-state index >= 15 is 0 Å². The normalized spacial score (nSPS) is 12.5. The number of phenols is 1. The number of halogens is 6. The van der Waals surface area contributed by atoms with Crippen LogP contribution in [0.2, 0.25) is 0 Å². The van der Waals surface area contributed by atoms with Gasteiger partial charge in [-0.25, -0.2) is 32.7 Å². The third kappa shape index (κ3) is 24.7. The Morgan fingerprint density at radius 1 is 0.563 bits per heavy atom. The van der Waals surface area contributed by atoms with Crippen LogP contribution in [0.1, 0.15) is 153 Å². The third-order valence-corrected chi connectivity index (χ3v) is 20.9. The Kier molecular flexibility index (Phi) is 29.8. The second kappa shape index (κ2) is 40.2. The maximum Gasteiger partial charge on any atom is 0.416 e. The lowest BCUT2D eigenvalue weighted by Crippen LogP contribution is -2.55. The highest BCUT2D eigenvalue weighted by atomic mass is 32.2. The molecule has 8 aromatic rings. The quantitative estimate of drug-likeness (QED) is 0.00964. The molecule has 119 heavy (non-hydrogen) atoms. The Bertz CT molecular complexity index is 5490. The zero-order valence-electron chi connectivity index (χ0n) is 64.2. The highest BCUT2D eigenvalue weighted by Crippen LogP contribution is 2.43. The topological polar surface area (TPSA) is 453 Å². The van der Waals surface area contributed by atoms with Gasteiger partial charge in [0.2, 0.25) is 33.7 Å². The number of carbonyl (C=O) groups excluding carboxylic acids is 6. The number of nitrogens with one attached hydrogen (secondary N) is 7. The van der Waals surface area contributed by atoms with E-state index in [0.29, 0.717) is 55.5 Å². The number of rotatable bonds is 40. The number of unbranched alkanes of at least 4 members (excludes halogenated alkanes) is 9. The number of aromatic nitrogens is 4. The first-order chi connectivity index (χ1) is 56.7. The number of sulfonamides is 1. The van der Waals surface area contributed by atoms with Gasteiger partial charge in [-0.1, -0.05) is 81.3 Å². The van der Waals surface area contributed by atoms with E-state index in [1.54, 1.807) is 24.3 Å². The minimum atomic E-state index is -4.76.